The zero-order chi connectivity index (χ0) is 13.7. The van der Waals surface area contributed by atoms with E-state index in [0.717, 1.165) is 53.3 Å². The molecular formula is C14H21Br2N3. The van der Waals surface area contributed by atoms with Crippen molar-refractivity contribution in [1.82, 2.24) is 10.3 Å². The van der Waals surface area contributed by atoms with Gasteiger partial charge >= 0.3 is 0 Å². The fourth-order valence-corrected chi connectivity index (χ4v) is 3.81. The highest BCUT2D eigenvalue weighted by Gasteiger charge is 2.19. The number of anilines is 1. The molecule has 0 amide bonds. The van der Waals surface area contributed by atoms with Gasteiger partial charge in [0.05, 0.1) is 4.47 Å². The Morgan fingerprint density at radius 3 is 2.74 bits per heavy atom. The Morgan fingerprint density at radius 2 is 2.11 bits per heavy atom. The van der Waals surface area contributed by atoms with Crippen LogP contribution in [0.15, 0.2) is 21.2 Å². The van der Waals surface area contributed by atoms with Crippen molar-refractivity contribution >= 4 is 37.7 Å². The molecule has 19 heavy (non-hydrogen) atoms. The van der Waals surface area contributed by atoms with E-state index in [1.807, 2.05) is 6.20 Å². The molecule has 0 spiro atoms. The van der Waals surface area contributed by atoms with Crippen molar-refractivity contribution in [2.24, 2.45) is 5.92 Å². The van der Waals surface area contributed by atoms with Crippen LogP contribution in [0.3, 0.4) is 0 Å². The molecule has 1 fully saturated rings. The largest absolute Gasteiger partial charge is 0.355 e. The van der Waals surface area contributed by atoms with Gasteiger partial charge in [-0.05, 0) is 76.2 Å². The Morgan fingerprint density at radius 1 is 1.37 bits per heavy atom. The molecule has 0 unspecified atom stereocenters. The van der Waals surface area contributed by atoms with Crippen LogP contribution in [0.4, 0.5) is 5.82 Å². The summed E-state index contributed by atoms with van der Waals surface area (Å²) in [5.74, 6) is 1.86. The fourth-order valence-electron chi connectivity index (χ4n) is 2.57. The molecular weight excluding hydrogens is 370 g/mol. The molecule has 1 aromatic heterocycles. The maximum atomic E-state index is 4.58. The monoisotopic (exact) mass is 389 g/mol. The molecule has 0 radical (unpaired) electrons. The molecule has 106 valence electrons. The minimum absolute atomic E-state index is 0.783. The first kappa shape index (κ1) is 15.3. The molecule has 1 aromatic rings. The van der Waals surface area contributed by atoms with Gasteiger partial charge in [-0.1, -0.05) is 6.92 Å². The van der Waals surface area contributed by atoms with Gasteiger partial charge in [-0.25, -0.2) is 4.98 Å². The van der Waals surface area contributed by atoms with Gasteiger partial charge in [0.25, 0.3) is 0 Å². The van der Waals surface area contributed by atoms with Gasteiger partial charge in [-0.15, -0.1) is 0 Å². The van der Waals surface area contributed by atoms with Gasteiger partial charge in [0.15, 0.2) is 0 Å². The lowest BCUT2D eigenvalue weighted by molar-refractivity contribution is 0.372. The van der Waals surface area contributed by atoms with Crippen molar-refractivity contribution in [2.75, 3.05) is 31.1 Å². The predicted molar refractivity (Wildman–Crippen MR) is 87.7 cm³/mol. The van der Waals surface area contributed by atoms with Gasteiger partial charge in [0.1, 0.15) is 5.82 Å². The van der Waals surface area contributed by atoms with E-state index in [4.69, 9.17) is 0 Å². The maximum Gasteiger partial charge on any atom is 0.142 e. The number of piperidine rings is 1. The van der Waals surface area contributed by atoms with Crippen LogP contribution in [0.5, 0.6) is 0 Å². The number of rotatable bonds is 5. The van der Waals surface area contributed by atoms with Crippen molar-refractivity contribution in [3.05, 3.63) is 21.2 Å². The SMILES string of the molecule is CCCN(CC1CCNCC1)c1ncc(Br)cc1Br. The van der Waals surface area contributed by atoms with Gasteiger partial charge in [0, 0.05) is 23.8 Å². The van der Waals surface area contributed by atoms with Gasteiger partial charge < -0.3 is 10.2 Å². The van der Waals surface area contributed by atoms with E-state index in [1.165, 1.54) is 12.8 Å². The minimum atomic E-state index is 0.783. The number of halogens is 2. The summed E-state index contributed by atoms with van der Waals surface area (Å²) in [4.78, 5) is 7.00. The molecule has 2 heterocycles. The van der Waals surface area contributed by atoms with E-state index >= 15 is 0 Å². The topological polar surface area (TPSA) is 28.2 Å². The highest BCUT2D eigenvalue weighted by atomic mass is 79.9. The number of nitrogens with one attached hydrogen (secondary N) is 1. The first-order valence-corrected chi connectivity index (χ1v) is 8.56. The number of pyridine rings is 1. The second kappa shape index (κ2) is 7.60. The van der Waals surface area contributed by atoms with Crippen molar-refractivity contribution < 1.29 is 0 Å². The summed E-state index contributed by atoms with van der Waals surface area (Å²) in [6, 6.07) is 2.08. The Labute approximate surface area is 132 Å². The zero-order valence-electron chi connectivity index (χ0n) is 11.3. The van der Waals surface area contributed by atoms with Crippen LogP contribution in [0, 0.1) is 5.92 Å². The second-order valence-corrected chi connectivity index (χ2v) is 6.87. The van der Waals surface area contributed by atoms with E-state index < -0.39 is 0 Å². The maximum absolute atomic E-state index is 4.58. The van der Waals surface area contributed by atoms with Crippen LogP contribution in [-0.2, 0) is 0 Å². The van der Waals surface area contributed by atoms with Crippen molar-refractivity contribution in [3.8, 4) is 0 Å². The number of hydrogen-bond acceptors (Lipinski definition) is 3. The van der Waals surface area contributed by atoms with Crippen molar-refractivity contribution in [2.45, 2.75) is 26.2 Å². The third kappa shape index (κ3) is 4.43. The van der Waals surface area contributed by atoms with Gasteiger partial charge in [-0.3, -0.25) is 0 Å². The van der Waals surface area contributed by atoms with Gasteiger partial charge in [0.2, 0.25) is 0 Å². The lowest BCUT2D eigenvalue weighted by atomic mass is 9.97. The van der Waals surface area contributed by atoms with Gasteiger partial charge in [-0.2, -0.15) is 0 Å². The molecule has 0 bridgehead atoms. The van der Waals surface area contributed by atoms with Crippen molar-refractivity contribution in [3.63, 3.8) is 0 Å². The minimum Gasteiger partial charge on any atom is -0.355 e. The molecule has 1 N–H and O–H groups in total. The molecule has 0 saturated carbocycles. The molecule has 1 aliphatic rings. The predicted octanol–water partition coefficient (Wildman–Crippen LogP) is 3.82. The third-order valence-electron chi connectivity index (χ3n) is 3.52. The molecule has 1 aliphatic heterocycles. The van der Waals surface area contributed by atoms with E-state index in [1.54, 1.807) is 0 Å². The number of aromatic nitrogens is 1. The normalized spacial score (nSPS) is 16.6. The quantitative estimate of drug-likeness (QED) is 0.828. The third-order valence-corrected chi connectivity index (χ3v) is 4.54. The Hall–Kier alpha value is -0.130. The Bertz CT molecular complexity index is 406. The highest BCUT2D eigenvalue weighted by Crippen LogP contribution is 2.28. The standard InChI is InChI=1S/C14H21Br2N3/c1-2-7-19(10-11-3-5-17-6-4-11)14-13(16)8-12(15)9-18-14/h8-9,11,17H,2-7,10H2,1H3. The van der Waals surface area contributed by atoms with E-state index in [2.05, 4.69) is 60.1 Å². The fraction of sp³-hybridized carbons (Fsp3) is 0.643. The molecule has 0 atom stereocenters. The highest BCUT2D eigenvalue weighted by molar-refractivity contribution is 9.11. The molecule has 2 rings (SSSR count). The zero-order valence-corrected chi connectivity index (χ0v) is 14.5. The summed E-state index contributed by atoms with van der Waals surface area (Å²) >= 11 is 7.10. The number of hydrogen-bond donors (Lipinski definition) is 1. The Balaban J connectivity index is 2.09. The lowest BCUT2D eigenvalue weighted by Crippen LogP contribution is -2.37. The van der Waals surface area contributed by atoms with Crippen LogP contribution in [0.25, 0.3) is 0 Å². The van der Waals surface area contributed by atoms with Crippen LogP contribution in [0.2, 0.25) is 0 Å². The average Bonchev–Trinajstić information content (AvgIpc) is 2.39. The summed E-state index contributed by atoms with van der Waals surface area (Å²) in [6.45, 7) is 6.71. The van der Waals surface area contributed by atoms with Crippen molar-refractivity contribution in [1.29, 1.82) is 0 Å². The number of nitrogens with zero attached hydrogens (tertiary/aromatic N) is 2. The molecule has 3 nitrogen and oxygen atoms in total. The van der Waals surface area contributed by atoms with E-state index in [9.17, 15) is 0 Å². The van der Waals surface area contributed by atoms with Crippen LogP contribution in [0.1, 0.15) is 26.2 Å². The van der Waals surface area contributed by atoms with E-state index in [0.29, 0.717) is 0 Å². The smallest absolute Gasteiger partial charge is 0.142 e. The first-order valence-electron chi connectivity index (χ1n) is 6.97. The Kier molecular flexibility index (Phi) is 6.10. The van der Waals surface area contributed by atoms with Crippen LogP contribution >= 0.6 is 31.9 Å². The molecule has 0 aromatic carbocycles. The van der Waals surface area contributed by atoms with Crippen LogP contribution < -0.4 is 10.2 Å². The molecule has 0 aliphatic carbocycles. The summed E-state index contributed by atoms with van der Waals surface area (Å²) in [6.07, 6.45) is 5.57. The molecule has 5 heteroatoms. The van der Waals surface area contributed by atoms with E-state index in [-0.39, 0.29) is 0 Å². The summed E-state index contributed by atoms with van der Waals surface area (Å²) < 4.78 is 2.09. The summed E-state index contributed by atoms with van der Waals surface area (Å²) in [5, 5.41) is 3.43. The summed E-state index contributed by atoms with van der Waals surface area (Å²) in [5.41, 5.74) is 0. The van der Waals surface area contributed by atoms with Crippen LogP contribution in [-0.4, -0.2) is 31.2 Å². The molecule has 1 saturated heterocycles. The lowest BCUT2D eigenvalue weighted by Gasteiger charge is -2.31. The first-order chi connectivity index (χ1) is 9.20. The summed E-state index contributed by atoms with van der Waals surface area (Å²) in [7, 11) is 0. The average molecular weight is 391 g/mol. The second-order valence-electron chi connectivity index (χ2n) is 5.10.